The Hall–Kier alpha value is -4.08. The maximum Gasteiger partial charge on any atom is 0.256 e. The standard InChI is InChI=1S/C23H24N6O4/c1-31-14-6-7-16-17(11-14)27-22(26-16)18-5-4-10-28(18)23(30)15-12-20(32-2)21(33-3)13-19(15)29-24-8-9-25-29/h6-9,11-13,18H,4-5,10H2,1-3H3,(H,26,27). The molecular weight excluding hydrogens is 424 g/mol. The predicted octanol–water partition coefficient (Wildman–Crippen LogP) is 3.15. The van der Waals surface area contributed by atoms with E-state index in [9.17, 15) is 4.79 Å². The van der Waals surface area contributed by atoms with Crippen molar-refractivity contribution < 1.29 is 19.0 Å². The Kier molecular flexibility index (Phi) is 5.33. The zero-order valence-electron chi connectivity index (χ0n) is 18.6. The molecular formula is C23H24N6O4. The number of aromatic nitrogens is 5. The fourth-order valence-corrected chi connectivity index (χ4v) is 4.29. The van der Waals surface area contributed by atoms with Crippen LogP contribution in [-0.2, 0) is 0 Å². The first-order valence-electron chi connectivity index (χ1n) is 10.6. The average Bonchev–Trinajstić information content (AvgIpc) is 3.62. The number of imidazole rings is 1. The lowest BCUT2D eigenvalue weighted by Crippen LogP contribution is -2.32. The van der Waals surface area contributed by atoms with Crippen molar-refractivity contribution >= 4 is 16.9 Å². The summed E-state index contributed by atoms with van der Waals surface area (Å²) in [6, 6.07) is 8.90. The molecule has 1 aliphatic heterocycles. The minimum atomic E-state index is -0.178. The van der Waals surface area contributed by atoms with E-state index in [4.69, 9.17) is 19.2 Å². The molecule has 0 aliphatic carbocycles. The lowest BCUT2D eigenvalue weighted by atomic mass is 10.1. The number of carbonyl (C=O) groups excluding carboxylic acids is 1. The Balaban J connectivity index is 1.55. The number of nitrogens with zero attached hydrogens (tertiary/aromatic N) is 5. The topological polar surface area (TPSA) is 107 Å². The molecule has 1 aliphatic rings. The van der Waals surface area contributed by atoms with Crippen LogP contribution in [0.3, 0.4) is 0 Å². The van der Waals surface area contributed by atoms with Gasteiger partial charge in [-0.3, -0.25) is 4.79 Å². The van der Waals surface area contributed by atoms with Crippen molar-refractivity contribution in [3.05, 3.63) is 54.1 Å². The molecule has 1 fully saturated rings. The molecule has 10 heteroatoms. The van der Waals surface area contributed by atoms with E-state index in [1.165, 1.54) is 4.80 Å². The van der Waals surface area contributed by atoms with Gasteiger partial charge in [0.05, 0.1) is 56.4 Å². The second kappa shape index (κ2) is 8.45. The molecule has 10 nitrogen and oxygen atoms in total. The lowest BCUT2D eigenvalue weighted by Gasteiger charge is -2.24. The van der Waals surface area contributed by atoms with Gasteiger partial charge in [-0.05, 0) is 31.0 Å². The van der Waals surface area contributed by atoms with Crippen LogP contribution >= 0.6 is 0 Å². The molecule has 2 aromatic heterocycles. The molecule has 5 rings (SSSR count). The van der Waals surface area contributed by atoms with Crippen LogP contribution in [0.4, 0.5) is 0 Å². The van der Waals surface area contributed by atoms with Crippen molar-refractivity contribution in [1.29, 1.82) is 0 Å². The van der Waals surface area contributed by atoms with Gasteiger partial charge in [0.1, 0.15) is 17.3 Å². The van der Waals surface area contributed by atoms with Crippen LogP contribution in [0.25, 0.3) is 16.7 Å². The Morgan fingerprint density at radius 3 is 2.52 bits per heavy atom. The zero-order chi connectivity index (χ0) is 22.9. The highest BCUT2D eigenvalue weighted by Crippen LogP contribution is 2.37. The summed E-state index contributed by atoms with van der Waals surface area (Å²) in [6.07, 6.45) is 4.81. The second-order valence-electron chi connectivity index (χ2n) is 7.70. The van der Waals surface area contributed by atoms with E-state index < -0.39 is 0 Å². The van der Waals surface area contributed by atoms with E-state index in [1.807, 2.05) is 23.1 Å². The largest absolute Gasteiger partial charge is 0.497 e. The van der Waals surface area contributed by atoms with Crippen molar-refractivity contribution in [3.8, 4) is 22.9 Å². The van der Waals surface area contributed by atoms with Gasteiger partial charge >= 0.3 is 0 Å². The second-order valence-corrected chi connectivity index (χ2v) is 7.70. The van der Waals surface area contributed by atoms with Gasteiger partial charge in [0, 0.05) is 18.7 Å². The van der Waals surface area contributed by atoms with Crippen molar-refractivity contribution in [1.82, 2.24) is 29.9 Å². The maximum atomic E-state index is 13.8. The molecule has 0 radical (unpaired) electrons. The van der Waals surface area contributed by atoms with Gasteiger partial charge in [-0.2, -0.15) is 15.0 Å². The first-order valence-corrected chi connectivity index (χ1v) is 10.6. The summed E-state index contributed by atoms with van der Waals surface area (Å²) in [6.45, 7) is 0.615. The molecule has 1 atom stereocenters. The summed E-state index contributed by atoms with van der Waals surface area (Å²) in [5.74, 6) is 2.31. The third kappa shape index (κ3) is 3.63. The number of amides is 1. The number of ether oxygens (including phenoxy) is 3. The van der Waals surface area contributed by atoms with Crippen LogP contribution in [0.2, 0.25) is 0 Å². The fraction of sp³-hybridized carbons (Fsp3) is 0.304. The Bertz CT molecular complexity index is 1300. The average molecular weight is 448 g/mol. The molecule has 1 amide bonds. The SMILES string of the molecule is COc1ccc2nc(C3CCCN3C(=O)c3cc(OC)c(OC)cc3-n3nccn3)[nH]c2c1. The molecule has 0 bridgehead atoms. The maximum absolute atomic E-state index is 13.8. The summed E-state index contributed by atoms with van der Waals surface area (Å²) >= 11 is 0. The third-order valence-corrected chi connectivity index (χ3v) is 5.90. The number of aromatic amines is 1. The van der Waals surface area contributed by atoms with Crippen LogP contribution in [0, 0.1) is 0 Å². The zero-order valence-corrected chi connectivity index (χ0v) is 18.6. The van der Waals surface area contributed by atoms with E-state index in [1.54, 1.807) is 45.9 Å². The molecule has 1 unspecified atom stereocenters. The molecule has 3 heterocycles. The van der Waals surface area contributed by atoms with Crippen molar-refractivity contribution in [2.45, 2.75) is 18.9 Å². The van der Waals surface area contributed by atoms with Crippen molar-refractivity contribution in [3.63, 3.8) is 0 Å². The molecule has 1 saturated heterocycles. The smallest absolute Gasteiger partial charge is 0.256 e. The molecule has 170 valence electrons. The summed E-state index contributed by atoms with van der Waals surface area (Å²) < 4.78 is 16.2. The summed E-state index contributed by atoms with van der Waals surface area (Å²) in [5.41, 5.74) is 2.64. The van der Waals surface area contributed by atoms with E-state index >= 15 is 0 Å². The molecule has 33 heavy (non-hydrogen) atoms. The van der Waals surface area contributed by atoms with Gasteiger partial charge < -0.3 is 24.1 Å². The first kappa shape index (κ1) is 20.8. The van der Waals surface area contributed by atoms with E-state index in [2.05, 4.69) is 15.2 Å². The lowest BCUT2D eigenvalue weighted by molar-refractivity contribution is 0.0729. The molecule has 4 aromatic rings. The Morgan fingerprint density at radius 2 is 1.79 bits per heavy atom. The van der Waals surface area contributed by atoms with Crippen molar-refractivity contribution in [2.75, 3.05) is 27.9 Å². The number of benzene rings is 2. The Labute approximate surface area is 190 Å². The number of likely N-dealkylation sites (tertiary alicyclic amines) is 1. The Morgan fingerprint density at radius 1 is 1.03 bits per heavy atom. The third-order valence-electron chi connectivity index (χ3n) is 5.90. The quantitative estimate of drug-likeness (QED) is 0.483. The van der Waals surface area contributed by atoms with Gasteiger partial charge in [0.15, 0.2) is 11.5 Å². The van der Waals surface area contributed by atoms with Gasteiger partial charge in [0.25, 0.3) is 5.91 Å². The van der Waals surface area contributed by atoms with E-state index in [0.717, 1.165) is 35.4 Å². The highest BCUT2D eigenvalue weighted by atomic mass is 16.5. The van der Waals surface area contributed by atoms with Gasteiger partial charge in [-0.1, -0.05) is 0 Å². The molecule has 1 N–H and O–H groups in total. The van der Waals surface area contributed by atoms with Gasteiger partial charge in [-0.25, -0.2) is 4.98 Å². The summed E-state index contributed by atoms with van der Waals surface area (Å²) in [5, 5.41) is 8.43. The molecule has 0 saturated carbocycles. The number of H-pyrrole nitrogens is 1. The number of rotatable bonds is 6. The number of methoxy groups -OCH3 is 3. The number of nitrogens with one attached hydrogen (secondary N) is 1. The van der Waals surface area contributed by atoms with Crippen LogP contribution in [0.1, 0.15) is 35.1 Å². The van der Waals surface area contributed by atoms with Crippen LogP contribution < -0.4 is 14.2 Å². The normalized spacial score (nSPS) is 15.7. The van der Waals surface area contributed by atoms with Crippen LogP contribution in [0.5, 0.6) is 17.2 Å². The van der Waals surface area contributed by atoms with Gasteiger partial charge in [-0.15, -0.1) is 0 Å². The minimum absolute atomic E-state index is 0.149. The number of carbonyl (C=O) groups is 1. The first-order chi connectivity index (χ1) is 16.1. The number of hydrogen-bond donors (Lipinski definition) is 1. The number of fused-ring (bicyclic) bond motifs is 1. The van der Waals surface area contributed by atoms with E-state index in [0.29, 0.717) is 29.3 Å². The molecule has 2 aromatic carbocycles. The summed E-state index contributed by atoms with van der Waals surface area (Å²) in [7, 11) is 4.72. The highest BCUT2D eigenvalue weighted by Gasteiger charge is 2.34. The van der Waals surface area contributed by atoms with Gasteiger partial charge in [0.2, 0.25) is 0 Å². The monoisotopic (exact) mass is 448 g/mol. The molecule has 0 spiro atoms. The van der Waals surface area contributed by atoms with E-state index in [-0.39, 0.29) is 11.9 Å². The van der Waals surface area contributed by atoms with Crippen LogP contribution in [0.15, 0.2) is 42.7 Å². The number of hydrogen-bond acceptors (Lipinski definition) is 7. The van der Waals surface area contributed by atoms with Crippen LogP contribution in [-0.4, -0.2) is 63.6 Å². The fourth-order valence-electron chi connectivity index (χ4n) is 4.29. The summed E-state index contributed by atoms with van der Waals surface area (Å²) in [4.78, 5) is 25.2. The minimum Gasteiger partial charge on any atom is -0.497 e. The predicted molar refractivity (Wildman–Crippen MR) is 120 cm³/mol. The van der Waals surface area contributed by atoms with Crippen molar-refractivity contribution in [2.24, 2.45) is 0 Å². The highest BCUT2D eigenvalue weighted by molar-refractivity contribution is 5.99.